The Labute approximate surface area is 182 Å². The minimum absolute atomic E-state index is 0.0273. The lowest BCUT2D eigenvalue weighted by molar-refractivity contribution is -0.289. The van der Waals surface area contributed by atoms with Crippen molar-refractivity contribution in [3.63, 3.8) is 0 Å². The van der Waals surface area contributed by atoms with E-state index in [9.17, 15) is 18.4 Å². The van der Waals surface area contributed by atoms with Gasteiger partial charge in [0.15, 0.2) is 11.6 Å². The topological polar surface area (TPSA) is 103 Å². The molecule has 166 valence electrons. The summed E-state index contributed by atoms with van der Waals surface area (Å²) in [4.78, 5) is 26.6. The lowest BCUT2D eigenvalue weighted by Gasteiger charge is -2.43. The second-order valence-corrected chi connectivity index (χ2v) is 7.95. The Bertz CT molecular complexity index is 972. The molecule has 31 heavy (non-hydrogen) atoms. The molecule has 4 rings (SSSR count). The predicted molar refractivity (Wildman–Crippen MR) is 107 cm³/mol. The van der Waals surface area contributed by atoms with Gasteiger partial charge in [-0.3, -0.25) is 15.0 Å². The Kier molecular flexibility index (Phi) is 5.80. The molecule has 2 atom stereocenters. The first-order valence-electron chi connectivity index (χ1n) is 9.88. The zero-order valence-corrected chi connectivity index (χ0v) is 17.3. The first kappa shape index (κ1) is 21.4. The average molecular weight is 453 g/mol. The van der Waals surface area contributed by atoms with Crippen molar-refractivity contribution in [3.05, 3.63) is 41.2 Å². The van der Waals surface area contributed by atoms with E-state index >= 15 is 0 Å². The molecule has 3 heterocycles. The van der Waals surface area contributed by atoms with Crippen LogP contribution in [0.3, 0.4) is 0 Å². The molecule has 0 bridgehead atoms. The Morgan fingerprint density at radius 1 is 1.26 bits per heavy atom. The number of carbonyl (C=O) groups excluding carboxylic acids is 2. The van der Waals surface area contributed by atoms with E-state index in [4.69, 9.17) is 32.2 Å². The van der Waals surface area contributed by atoms with Crippen molar-refractivity contribution in [2.24, 2.45) is 5.73 Å². The fraction of sp³-hybridized carbons (Fsp3) is 0.450. The van der Waals surface area contributed by atoms with Gasteiger partial charge in [-0.25, -0.2) is 13.6 Å². The summed E-state index contributed by atoms with van der Waals surface area (Å²) < 4.78 is 44.6. The van der Waals surface area contributed by atoms with Gasteiger partial charge in [-0.2, -0.15) is 0 Å². The van der Waals surface area contributed by atoms with Crippen molar-refractivity contribution in [2.75, 3.05) is 13.2 Å². The van der Waals surface area contributed by atoms with E-state index < -0.39 is 35.6 Å². The number of hydrogen-bond donors (Lipinski definition) is 2. The highest BCUT2D eigenvalue weighted by molar-refractivity contribution is 7.82. The third-order valence-electron chi connectivity index (χ3n) is 5.27. The third-order valence-corrected chi connectivity index (χ3v) is 5.64. The zero-order chi connectivity index (χ0) is 22.2. The third kappa shape index (κ3) is 4.07. The van der Waals surface area contributed by atoms with Gasteiger partial charge in [-0.15, -0.1) is 0 Å². The Morgan fingerprint density at radius 2 is 2.06 bits per heavy atom. The van der Waals surface area contributed by atoms with E-state index in [0.29, 0.717) is 24.1 Å². The summed E-state index contributed by atoms with van der Waals surface area (Å²) in [5, 5.41) is 2.84. The summed E-state index contributed by atoms with van der Waals surface area (Å²) in [6, 6.07) is -0.648. The second-order valence-electron chi connectivity index (χ2n) is 7.46. The van der Waals surface area contributed by atoms with Gasteiger partial charge in [0.25, 0.3) is 0 Å². The molecule has 3 aliphatic rings. The van der Waals surface area contributed by atoms with Crippen molar-refractivity contribution in [2.45, 2.75) is 44.2 Å². The molecule has 11 heteroatoms. The number of rotatable bonds is 3. The summed E-state index contributed by atoms with van der Waals surface area (Å²) in [6.07, 6.45) is 2.66. The van der Waals surface area contributed by atoms with Crippen LogP contribution < -0.4 is 15.8 Å². The minimum atomic E-state index is -2.00. The molecule has 1 spiro atoms. The van der Waals surface area contributed by atoms with Crippen molar-refractivity contribution in [1.29, 1.82) is 0 Å². The normalized spacial score (nSPS) is 26.0. The molecule has 1 saturated heterocycles. The van der Waals surface area contributed by atoms with Crippen LogP contribution in [0.15, 0.2) is 24.0 Å². The van der Waals surface area contributed by atoms with Crippen LogP contribution in [-0.2, 0) is 25.5 Å². The van der Waals surface area contributed by atoms with E-state index in [1.54, 1.807) is 0 Å². The predicted octanol–water partition coefficient (Wildman–Crippen LogP) is 1.62. The van der Waals surface area contributed by atoms with Gasteiger partial charge in [-0.1, -0.05) is 12.2 Å². The summed E-state index contributed by atoms with van der Waals surface area (Å²) >= 11 is 5.12. The van der Waals surface area contributed by atoms with Gasteiger partial charge in [0, 0.05) is 42.8 Å². The Morgan fingerprint density at radius 3 is 2.84 bits per heavy atom. The van der Waals surface area contributed by atoms with Gasteiger partial charge in [0.2, 0.25) is 0 Å². The minimum Gasteiger partial charge on any atom is -0.488 e. The number of benzene rings is 1. The SMILES string of the molecule is NCCC1=CNC2(OC(=O)CCCC(=S)C(=O)O2)N1[C@H]1COc2c(F)cc(F)cc2C1. The number of halogens is 2. The van der Waals surface area contributed by atoms with Crippen LogP contribution in [0.5, 0.6) is 5.75 Å². The smallest absolute Gasteiger partial charge is 0.436 e. The Hall–Kier alpha value is -2.79. The number of nitrogens with two attached hydrogens (primary N) is 1. The Balaban J connectivity index is 1.72. The van der Waals surface area contributed by atoms with E-state index in [-0.39, 0.29) is 43.0 Å². The first-order valence-corrected chi connectivity index (χ1v) is 10.3. The van der Waals surface area contributed by atoms with Crippen molar-refractivity contribution < 1.29 is 32.6 Å². The van der Waals surface area contributed by atoms with Gasteiger partial charge < -0.3 is 19.9 Å². The molecule has 0 saturated carbocycles. The van der Waals surface area contributed by atoms with E-state index in [1.165, 1.54) is 17.2 Å². The number of esters is 2. The molecule has 3 N–H and O–H groups in total. The fourth-order valence-corrected chi connectivity index (χ4v) is 4.15. The van der Waals surface area contributed by atoms with Crippen LogP contribution in [0.25, 0.3) is 0 Å². The van der Waals surface area contributed by atoms with Gasteiger partial charge in [0.1, 0.15) is 17.3 Å². The molecule has 1 fully saturated rings. The van der Waals surface area contributed by atoms with Crippen LogP contribution in [0, 0.1) is 11.6 Å². The number of fused-ring (bicyclic) bond motifs is 1. The first-order chi connectivity index (χ1) is 14.8. The zero-order valence-electron chi connectivity index (χ0n) is 16.5. The molecule has 8 nitrogen and oxygen atoms in total. The molecule has 0 aliphatic carbocycles. The molecule has 1 aromatic carbocycles. The number of nitrogens with zero attached hydrogens (tertiary/aromatic N) is 1. The maximum Gasteiger partial charge on any atom is 0.436 e. The second kappa shape index (κ2) is 8.39. The van der Waals surface area contributed by atoms with Crippen molar-refractivity contribution >= 4 is 29.0 Å². The maximum absolute atomic E-state index is 14.1. The largest absolute Gasteiger partial charge is 0.488 e. The van der Waals surface area contributed by atoms with Gasteiger partial charge in [0.05, 0.1) is 6.04 Å². The number of nitrogens with one attached hydrogen (secondary N) is 1. The summed E-state index contributed by atoms with van der Waals surface area (Å²) in [5.41, 5.74) is 6.62. The summed E-state index contributed by atoms with van der Waals surface area (Å²) in [6.45, 7) is 0.230. The van der Waals surface area contributed by atoms with Crippen LogP contribution in [-0.4, -0.2) is 46.9 Å². The molecule has 1 aromatic rings. The van der Waals surface area contributed by atoms with E-state index in [0.717, 1.165) is 6.07 Å². The van der Waals surface area contributed by atoms with Crippen molar-refractivity contribution in [1.82, 2.24) is 10.2 Å². The molecule has 1 unspecified atom stereocenters. The van der Waals surface area contributed by atoms with Crippen LogP contribution >= 0.6 is 12.2 Å². The fourth-order valence-electron chi connectivity index (χ4n) is 3.96. The van der Waals surface area contributed by atoms with Crippen LogP contribution in [0.4, 0.5) is 8.78 Å². The summed E-state index contributed by atoms with van der Waals surface area (Å²) in [7, 11) is 0. The van der Waals surface area contributed by atoms with Crippen molar-refractivity contribution in [3.8, 4) is 5.75 Å². The van der Waals surface area contributed by atoms with Gasteiger partial charge >= 0.3 is 18.0 Å². The van der Waals surface area contributed by atoms with E-state index in [2.05, 4.69) is 5.32 Å². The highest BCUT2D eigenvalue weighted by atomic mass is 32.1. The maximum atomic E-state index is 14.1. The highest BCUT2D eigenvalue weighted by Crippen LogP contribution is 2.38. The number of thiocarbonyl (C=S) groups is 1. The van der Waals surface area contributed by atoms with Gasteiger partial charge in [-0.05, 0) is 25.5 Å². The molecule has 0 aromatic heterocycles. The molecular weight excluding hydrogens is 432 g/mol. The quantitative estimate of drug-likeness (QED) is 0.522. The number of hydrogen-bond acceptors (Lipinski definition) is 9. The van der Waals surface area contributed by atoms with E-state index in [1.807, 2.05) is 0 Å². The number of carbonyl (C=O) groups is 2. The van der Waals surface area contributed by atoms with Crippen LogP contribution in [0.1, 0.15) is 31.2 Å². The highest BCUT2D eigenvalue weighted by Gasteiger charge is 2.54. The standard InChI is InChI=1S/C20H21F2N3O5S/c21-12-6-11-7-14(10-28-18(11)15(22)8-12)25-13(4-5-23)9-24-20(25)29-17(26)3-1-2-16(31)19(27)30-20/h6,8-9,14,24H,1-5,7,10,23H2/t14-,20?/m1/s1. The lowest BCUT2D eigenvalue weighted by atomic mass is 10.00. The molecular formula is C20H21F2N3O5S. The molecule has 3 aliphatic heterocycles. The summed E-state index contributed by atoms with van der Waals surface area (Å²) in [5.74, 6) is -2.96. The monoisotopic (exact) mass is 453 g/mol. The van der Waals surface area contributed by atoms with Crippen LogP contribution in [0.2, 0.25) is 0 Å². The average Bonchev–Trinajstić information content (AvgIpc) is 3.06. The molecule has 0 amide bonds. The number of ether oxygens (including phenoxy) is 3. The lowest BCUT2D eigenvalue weighted by Crippen LogP contribution is -2.63. The molecule has 0 radical (unpaired) electrons.